The van der Waals surface area contributed by atoms with E-state index < -0.39 is 0 Å². The molecular formula is C16H21ClN2OS. The van der Waals surface area contributed by atoms with Crippen molar-refractivity contribution in [3.05, 3.63) is 42.5 Å². The summed E-state index contributed by atoms with van der Waals surface area (Å²) in [5.74, 6) is 0.823. The Kier molecular flexibility index (Phi) is 7.57. The van der Waals surface area contributed by atoms with Gasteiger partial charge in [0.15, 0.2) is 0 Å². The molecule has 0 aromatic heterocycles. The van der Waals surface area contributed by atoms with E-state index in [1.165, 1.54) is 10.8 Å². The van der Waals surface area contributed by atoms with Gasteiger partial charge in [0.1, 0.15) is 0 Å². The molecule has 0 saturated carbocycles. The molecule has 3 N–H and O–H groups in total. The Bertz CT molecular complexity index is 591. The van der Waals surface area contributed by atoms with Gasteiger partial charge in [0, 0.05) is 11.4 Å². The molecule has 0 spiro atoms. The molecule has 0 aliphatic carbocycles. The zero-order chi connectivity index (χ0) is 14.4. The summed E-state index contributed by atoms with van der Waals surface area (Å²) in [6, 6.07) is 14.5. The van der Waals surface area contributed by atoms with E-state index in [0.29, 0.717) is 24.8 Å². The second-order valence-electron chi connectivity index (χ2n) is 4.94. The van der Waals surface area contributed by atoms with Crippen LogP contribution in [0.1, 0.15) is 6.92 Å². The van der Waals surface area contributed by atoms with Crippen molar-refractivity contribution in [3.8, 4) is 0 Å². The van der Waals surface area contributed by atoms with Gasteiger partial charge in [0.25, 0.3) is 0 Å². The topological polar surface area (TPSA) is 55.1 Å². The van der Waals surface area contributed by atoms with Crippen LogP contribution in [-0.4, -0.2) is 24.7 Å². The van der Waals surface area contributed by atoms with Crippen molar-refractivity contribution in [2.75, 3.05) is 18.8 Å². The van der Waals surface area contributed by atoms with Crippen LogP contribution in [0.5, 0.6) is 0 Å². The zero-order valence-electron chi connectivity index (χ0n) is 12.0. The van der Waals surface area contributed by atoms with Gasteiger partial charge in [-0.25, -0.2) is 0 Å². The second-order valence-corrected chi connectivity index (χ2v) is 5.99. The molecule has 1 unspecified atom stereocenters. The molecular weight excluding hydrogens is 304 g/mol. The molecule has 0 fully saturated rings. The Morgan fingerprint density at radius 1 is 1.24 bits per heavy atom. The lowest BCUT2D eigenvalue weighted by Crippen LogP contribution is -2.32. The third-order valence-electron chi connectivity index (χ3n) is 3.14. The first-order chi connectivity index (χ1) is 9.69. The van der Waals surface area contributed by atoms with Gasteiger partial charge in [-0.1, -0.05) is 37.3 Å². The summed E-state index contributed by atoms with van der Waals surface area (Å²) in [7, 11) is 0. The molecule has 5 heteroatoms. The highest BCUT2D eigenvalue weighted by atomic mass is 35.5. The maximum absolute atomic E-state index is 11.7. The predicted octanol–water partition coefficient (Wildman–Crippen LogP) is 3.06. The number of fused-ring (bicyclic) bond motifs is 1. The molecule has 0 aliphatic rings. The van der Waals surface area contributed by atoms with Crippen LogP contribution in [0.15, 0.2) is 47.4 Å². The molecule has 0 aliphatic heterocycles. The first-order valence-corrected chi connectivity index (χ1v) is 7.76. The third-order valence-corrected chi connectivity index (χ3v) is 4.13. The molecule has 0 heterocycles. The molecule has 2 aromatic rings. The molecule has 0 saturated heterocycles. The molecule has 2 rings (SSSR count). The Morgan fingerprint density at radius 3 is 2.67 bits per heavy atom. The average Bonchev–Trinajstić information content (AvgIpc) is 2.50. The number of rotatable bonds is 6. The van der Waals surface area contributed by atoms with Crippen LogP contribution in [-0.2, 0) is 4.79 Å². The quantitative estimate of drug-likeness (QED) is 0.803. The van der Waals surface area contributed by atoms with Crippen LogP contribution < -0.4 is 11.1 Å². The lowest BCUT2D eigenvalue weighted by Gasteiger charge is -2.10. The van der Waals surface area contributed by atoms with Crippen LogP contribution >= 0.6 is 24.2 Å². The normalized spacial score (nSPS) is 11.7. The van der Waals surface area contributed by atoms with Gasteiger partial charge in [-0.05, 0) is 35.4 Å². The van der Waals surface area contributed by atoms with E-state index >= 15 is 0 Å². The molecule has 3 nitrogen and oxygen atoms in total. The number of carbonyl (C=O) groups excluding carboxylic acids is 1. The van der Waals surface area contributed by atoms with Gasteiger partial charge in [0.05, 0.1) is 5.75 Å². The number of halogens is 1. The molecule has 114 valence electrons. The smallest absolute Gasteiger partial charge is 0.230 e. The fourth-order valence-corrected chi connectivity index (χ4v) is 2.60. The number of nitrogens with two attached hydrogens (primary N) is 1. The number of hydrogen-bond donors (Lipinski definition) is 2. The van der Waals surface area contributed by atoms with Crippen molar-refractivity contribution < 1.29 is 4.79 Å². The van der Waals surface area contributed by atoms with Crippen LogP contribution in [0.2, 0.25) is 0 Å². The van der Waals surface area contributed by atoms with E-state index in [4.69, 9.17) is 5.73 Å². The fourth-order valence-electron chi connectivity index (χ4n) is 1.83. The van der Waals surface area contributed by atoms with E-state index in [1.807, 2.05) is 19.1 Å². The Hall–Kier alpha value is -1.23. The summed E-state index contributed by atoms with van der Waals surface area (Å²) in [6.45, 7) is 3.27. The third kappa shape index (κ3) is 5.58. The summed E-state index contributed by atoms with van der Waals surface area (Å²) < 4.78 is 0. The van der Waals surface area contributed by atoms with Crippen molar-refractivity contribution in [3.63, 3.8) is 0 Å². The van der Waals surface area contributed by atoms with E-state index in [1.54, 1.807) is 11.8 Å². The maximum Gasteiger partial charge on any atom is 0.230 e. The number of hydrogen-bond acceptors (Lipinski definition) is 3. The molecule has 2 aromatic carbocycles. The first kappa shape index (κ1) is 17.8. The van der Waals surface area contributed by atoms with Crippen molar-refractivity contribution in [1.82, 2.24) is 5.32 Å². The van der Waals surface area contributed by atoms with Gasteiger partial charge in [-0.2, -0.15) is 0 Å². The second kappa shape index (κ2) is 8.93. The highest BCUT2D eigenvalue weighted by Gasteiger charge is 2.05. The molecule has 1 atom stereocenters. The van der Waals surface area contributed by atoms with Gasteiger partial charge >= 0.3 is 0 Å². The number of carbonyl (C=O) groups is 1. The van der Waals surface area contributed by atoms with Crippen LogP contribution in [0.25, 0.3) is 10.8 Å². The summed E-state index contributed by atoms with van der Waals surface area (Å²) in [4.78, 5) is 12.8. The summed E-state index contributed by atoms with van der Waals surface area (Å²) >= 11 is 1.56. The minimum atomic E-state index is 0. The largest absolute Gasteiger partial charge is 0.355 e. The molecule has 0 radical (unpaired) electrons. The summed E-state index contributed by atoms with van der Waals surface area (Å²) in [6.07, 6.45) is 0. The van der Waals surface area contributed by atoms with E-state index in [9.17, 15) is 4.79 Å². The minimum absolute atomic E-state index is 0. The lowest BCUT2D eigenvalue weighted by molar-refractivity contribution is -0.118. The Labute approximate surface area is 136 Å². The van der Waals surface area contributed by atoms with Gasteiger partial charge < -0.3 is 11.1 Å². The van der Waals surface area contributed by atoms with Crippen molar-refractivity contribution >= 4 is 40.8 Å². The van der Waals surface area contributed by atoms with Gasteiger partial charge in [0.2, 0.25) is 5.91 Å². The van der Waals surface area contributed by atoms with E-state index in [2.05, 4.69) is 35.6 Å². The number of nitrogens with one attached hydrogen (secondary N) is 1. The van der Waals surface area contributed by atoms with E-state index in [-0.39, 0.29) is 18.3 Å². The van der Waals surface area contributed by atoms with Crippen molar-refractivity contribution in [2.24, 2.45) is 11.7 Å². The van der Waals surface area contributed by atoms with Crippen LogP contribution in [0, 0.1) is 5.92 Å². The molecule has 21 heavy (non-hydrogen) atoms. The summed E-state index contributed by atoms with van der Waals surface area (Å²) in [5.41, 5.74) is 5.52. The molecule has 1 amide bonds. The Balaban J connectivity index is 0.00000220. The fraction of sp³-hybridized carbons (Fsp3) is 0.312. The number of thioether (sulfide) groups is 1. The number of benzene rings is 2. The Morgan fingerprint density at radius 2 is 1.95 bits per heavy atom. The molecule has 0 bridgehead atoms. The van der Waals surface area contributed by atoms with Crippen molar-refractivity contribution in [1.29, 1.82) is 0 Å². The summed E-state index contributed by atoms with van der Waals surface area (Å²) in [5, 5.41) is 5.32. The van der Waals surface area contributed by atoms with Gasteiger partial charge in [-0.3, -0.25) is 4.79 Å². The predicted molar refractivity (Wildman–Crippen MR) is 93.1 cm³/mol. The zero-order valence-corrected chi connectivity index (χ0v) is 13.7. The average molecular weight is 325 g/mol. The maximum atomic E-state index is 11.7. The SMILES string of the molecule is CC(CN)CNC(=O)CSc1ccc2ccccc2c1.Cl. The van der Waals surface area contributed by atoms with Crippen LogP contribution in [0.3, 0.4) is 0 Å². The lowest BCUT2D eigenvalue weighted by atomic mass is 10.1. The monoisotopic (exact) mass is 324 g/mol. The van der Waals surface area contributed by atoms with Crippen molar-refractivity contribution in [2.45, 2.75) is 11.8 Å². The van der Waals surface area contributed by atoms with E-state index in [0.717, 1.165) is 4.90 Å². The van der Waals surface area contributed by atoms with Gasteiger partial charge in [-0.15, -0.1) is 24.2 Å². The highest BCUT2D eigenvalue weighted by molar-refractivity contribution is 8.00. The van der Waals surface area contributed by atoms with Crippen LogP contribution in [0.4, 0.5) is 0 Å². The minimum Gasteiger partial charge on any atom is -0.355 e. The number of amides is 1. The first-order valence-electron chi connectivity index (χ1n) is 6.77. The highest BCUT2D eigenvalue weighted by Crippen LogP contribution is 2.23. The standard InChI is InChI=1S/C16H20N2OS.ClH/c1-12(9-17)10-18-16(19)11-20-15-7-6-13-4-2-3-5-14(13)8-15;/h2-8,12H,9-11,17H2,1H3,(H,18,19);1H.